The smallest absolute Gasteiger partial charge is 0.340 e. The molecule has 0 fully saturated rings. The molecule has 1 aromatic heterocycles. The fourth-order valence-electron chi connectivity index (χ4n) is 2.04. The highest BCUT2D eigenvalue weighted by molar-refractivity contribution is 6.01. The minimum atomic E-state index is -0.864. The van der Waals surface area contributed by atoms with E-state index in [1.807, 2.05) is 19.1 Å². The summed E-state index contributed by atoms with van der Waals surface area (Å²) in [4.78, 5) is 28.3. The Morgan fingerprint density at radius 1 is 1.09 bits per heavy atom. The highest BCUT2D eigenvalue weighted by Crippen LogP contribution is 2.12. The van der Waals surface area contributed by atoms with Crippen molar-refractivity contribution in [3.8, 4) is 5.88 Å². The predicted molar refractivity (Wildman–Crippen MR) is 85.8 cm³/mol. The second-order valence-electron chi connectivity index (χ2n) is 5.05. The molecule has 5 nitrogen and oxygen atoms in total. The molecule has 0 spiro atoms. The fourth-order valence-corrected chi connectivity index (χ4v) is 2.04. The van der Waals surface area contributed by atoms with Crippen molar-refractivity contribution < 1.29 is 19.1 Å². The van der Waals surface area contributed by atoms with Gasteiger partial charge in [-0.05, 0) is 25.0 Å². The van der Waals surface area contributed by atoms with E-state index < -0.39 is 12.1 Å². The molecule has 5 heteroatoms. The molecule has 2 rings (SSSR count). The number of aromatic nitrogens is 1. The minimum absolute atomic E-state index is 0.234. The van der Waals surface area contributed by atoms with Crippen LogP contribution in [0.15, 0.2) is 42.6 Å². The van der Waals surface area contributed by atoms with Gasteiger partial charge in [0.15, 0.2) is 6.10 Å². The van der Waals surface area contributed by atoms with E-state index in [4.69, 9.17) is 9.47 Å². The Bertz CT molecular complexity index is 677. The zero-order chi connectivity index (χ0) is 16.8. The molecule has 0 amide bonds. The average Bonchev–Trinajstić information content (AvgIpc) is 2.61. The maximum absolute atomic E-state index is 12.3. The summed E-state index contributed by atoms with van der Waals surface area (Å²) >= 11 is 0. The lowest BCUT2D eigenvalue weighted by molar-refractivity contribution is 0.0318. The Labute approximate surface area is 135 Å². The topological polar surface area (TPSA) is 65.5 Å². The number of methoxy groups -OCH3 is 1. The van der Waals surface area contributed by atoms with Crippen LogP contribution in [0.3, 0.4) is 0 Å². The van der Waals surface area contributed by atoms with Crippen LogP contribution in [0.1, 0.15) is 40.1 Å². The number of nitrogens with zero attached hydrogens (tertiary/aromatic N) is 1. The van der Waals surface area contributed by atoms with Gasteiger partial charge in [-0.25, -0.2) is 9.78 Å². The molecular weight excluding hydrogens is 294 g/mol. The van der Waals surface area contributed by atoms with Gasteiger partial charge in [0.05, 0.1) is 12.7 Å². The summed E-state index contributed by atoms with van der Waals surface area (Å²) in [7, 11) is 1.49. The van der Waals surface area contributed by atoms with Crippen LogP contribution in [0.5, 0.6) is 5.88 Å². The van der Waals surface area contributed by atoms with E-state index in [1.165, 1.54) is 13.3 Å². The number of ketones is 1. The Hall–Kier alpha value is -2.69. The summed E-state index contributed by atoms with van der Waals surface area (Å²) in [6, 6.07) is 10.4. The number of carbonyl (C=O) groups excluding carboxylic acids is 2. The Kier molecular flexibility index (Phi) is 5.46. The number of pyridine rings is 1. The standard InChI is InChI=1S/C18H19NO4/c1-4-13-5-7-14(8-6-13)17(20)12(2)23-18(21)15-9-10-16(22-3)19-11-15/h5-12H,4H2,1-3H3. The van der Waals surface area contributed by atoms with E-state index in [9.17, 15) is 9.59 Å². The molecule has 1 aromatic carbocycles. The van der Waals surface area contributed by atoms with Gasteiger partial charge >= 0.3 is 5.97 Å². The van der Waals surface area contributed by atoms with Gasteiger partial charge in [0.1, 0.15) is 0 Å². The fraction of sp³-hybridized carbons (Fsp3) is 0.278. The first kappa shape index (κ1) is 16.7. The first-order chi connectivity index (χ1) is 11.0. The minimum Gasteiger partial charge on any atom is -0.481 e. The highest BCUT2D eigenvalue weighted by atomic mass is 16.5. The summed E-state index contributed by atoms with van der Waals surface area (Å²) < 4.78 is 10.1. The van der Waals surface area contributed by atoms with Crippen molar-refractivity contribution in [2.24, 2.45) is 0 Å². The number of benzene rings is 1. The molecule has 0 aliphatic carbocycles. The van der Waals surface area contributed by atoms with Crippen LogP contribution in [0.25, 0.3) is 0 Å². The van der Waals surface area contributed by atoms with E-state index >= 15 is 0 Å². The third-order valence-corrected chi connectivity index (χ3v) is 3.48. The number of hydrogen-bond donors (Lipinski definition) is 0. The number of esters is 1. The number of Topliss-reactive ketones (excluding diaryl/α,β-unsaturated/α-hetero) is 1. The molecule has 0 saturated heterocycles. The van der Waals surface area contributed by atoms with Crippen molar-refractivity contribution in [2.75, 3.05) is 7.11 Å². The maximum atomic E-state index is 12.3. The maximum Gasteiger partial charge on any atom is 0.340 e. The zero-order valence-corrected chi connectivity index (χ0v) is 13.4. The second-order valence-corrected chi connectivity index (χ2v) is 5.05. The number of hydrogen-bond acceptors (Lipinski definition) is 5. The molecule has 0 saturated carbocycles. The van der Waals surface area contributed by atoms with Gasteiger partial charge < -0.3 is 9.47 Å². The van der Waals surface area contributed by atoms with Crippen molar-refractivity contribution >= 4 is 11.8 Å². The first-order valence-corrected chi connectivity index (χ1v) is 7.39. The summed E-state index contributed by atoms with van der Waals surface area (Å²) in [5.74, 6) is -0.421. The second kappa shape index (κ2) is 7.54. The molecule has 1 unspecified atom stereocenters. The van der Waals surface area contributed by atoms with E-state index in [0.29, 0.717) is 11.4 Å². The summed E-state index contributed by atoms with van der Waals surface area (Å²) in [5, 5.41) is 0. The van der Waals surface area contributed by atoms with Crippen LogP contribution in [0, 0.1) is 0 Å². The molecular formula is C18H19NO4. The number of aryl methyl sites for hydroxylation is 1. The molecule has 0 radical (unpaired) electrons. The Morgan fingerprint density at radius 2 is 1.74 bits per heavy atom. The molecule has 1 heterocycles. The van der Waals surface area contributed by atoms with E-state index in [0.717, 1.165) is 12.0 Å². The summed E-state index contributed by atoms with van der Waals surface area (Å²) in [6.07, 6.45) is 1.40. The van der Waals surface area contributed by atoms with Crippen LogP contribution < -0.4 is 4.74 Å². The van der Waals surface area contributed by atoms with Crippen molar-refractivity contribution in [1.82, 2.24) is 4.98 Å². The number of rotatable bonds is 6. The van der Waals surface area contributed by atoms with Crippen LogP contribution in [0.2, 0.25) is 0 Å². The van der Waals surface area contributed by atoms with Gasteiger partial charge in [0.2, 0.25) is 11.7 Å². The lowest BCUT2D eigenvalue weighted by atomic mass is 10.0. The SMILES string of the molecule is CCc1ccc(C(=O)C(C)OC(=O)c2ccc(OC)nc2)cc1. The van der Waals surface area contributed by atoms with Crippen LogP contribution in [-0.2, 0) is 11.2 Å². The Balaban J connectivity index is 2.02. The molecule has 0 N–H and O–H groups in total. The van der Waals surface area contributed by atoms with Gasteiger partial charge in [-0.15, -0.1) is 0 Å². The summed E-state index contributed by atoms with van der Waals surface area (Å²) in [6.45, 7) is 3.61. The van der Waals surface area contributed by atoms with Crippen LogP contribution in [-0.4, -0.2) is 30.0 Å². The van der Waals surface area contributed by atoms with Crippen molar-refractivity contribution in [2.45, 2.75) is 26.4 Å². The lowest BCUT2D eigenvalue weighted by Gasteiger charge is -2.12. The van der Waals surface area contributed by atoms with Crippen molar-refractivity contribution in [3.05, 3.63) is 59.3 Å². The van der Waals surface area contributed by atoms with Crippen LogP contribution in [0.4, 0.5) is 0 Å². The lowest BCUT2D eigenvalue weighted by Crippen LogP contribution is -2.24. The molecule has 0 aliphatic heterocycles. The largest absolute Gasteiger partial charge is 0.481 e. The average molecular weight is 313 g/mol. The number of ether oxygens (including phenoxy) is 2. The van der Waals surface area contributed by atoms with E-state index in [1.54, 1.807) is 31.2 Å². The molecule has 0 bridgehead atoms. The van der Waals surface area contributed by atoms with E-state index in [2.05, 4.69) is 4.98 Å². The number of carbonyl (C=O) groups is 2. The predicted octanol–water partition coefficient (Wildman–Crippen LogP) is 3.08. The van der Waals surface area contributed by atoms with Gasteiger partial charge in [-0.2, -0.15) is 0 Å². The van der Waals surface area contributed by atoms with Gasteiger partial charge in [-0.3, -0.25) is 4.79 Å². The first-order valence-electron chi connectivity index (χ1n) is 7.39. The van der Waals surface area contributed by atoms with E-state index in [-0.39, 0.29) is 11.3 Å². The summed E-state index contributed by atoms with van der Waals surface area (Å²) in [5.41, 5.74) is 1.94. The monoisotopic (exact) mass is 313 g/mol. The third-order valence-electron chi connectivity index (χ3n) is 3.48. The van der Waals surface area contributed by atoms with Gasteiger partial charge in [0.25, 0.3) is 0 Å². The molecule has 120 valence electrons. The quantitative estimate of drug-likeness (QED) is 0.605. The zero-order valence-electron chi connectivity index (χ0n) is 13.4. The molecule has 1 atom stereocenters. The third kappa shape index (κ3) is 4.16. The van der Waals surface area contributed by atoms with Crippen molar-refractivity contribution in [1.29, 1.82) is 0 Å². The molecule has 2 aromatic rings. The van der Waals surface area contributed by atoms with Gasteiger partial charge in [-0.1, -0.05) is 31.2 Å². The Morgan fingerprint density at radius 3 is 2.26 bits per heavy atom. The highest BCUT2D eigenvalue weighted by Gasteiger charge is 2.20. The normalized spacial score (nSPS) is 11.6. The molecule has 23 heavy (non-hydrogen) atoms. The van der Waals surface area contributed by atoms with Crippen molar-refractivity contribution in [3.63, 3.8) is 0 Å². The molecule has 0 aliphatic rings. The van der Waals surface area contributed by atoms with Gasteiger partial charge in [0, 0.05) is 17.8 Å². The van der Waals surface area contributed by atoms with Crippen LogP contribution >= 0.6 is 0 Å².